The highest BCUT2D eigenvalue weighted by atomic mass is 15.3. The van der Waals surface area contributed by atoms with Crippen LogP contribution in [0.25, 0.3) is 0 Å². The van der Waals surface area contributed by atoms with Gasteiger partial charge in [-0.15, -0.1) is 0 Å². The van der Waals surface area contributed by atoms with Gasteiger partial charge in [-0.2, -0.15) is 5.10 Å². The van der Waals surface area contributed by atoms with Crippen LogP contribution in [0.4, 0.5) is 11.4 Å². The second-order valence-corrected chi connectivity index (χ2v) is 4.10. The summed E-state index contributed by atoms with van der Waals surface area (Å²) < 4.78 is 1.95. The van der Waals surface area contributed by atoms with Crippen LogP contribution in [-0.4, -0.2) is 23.4 Å². The maximum atomic E-state index is 5.93. The second-order valence-electron chi connectivity index (χ2n) is 4.10. The molecule has 0 bridgehead atoms. The van der Waals surface area contributed by atoms with Gasteiger partial charge in [-0.3, -0.25) is 4.68 Å². The third-order valence-corrected chi connectivity index (χ3v) is 2.79. The van der Waals surface area contributed by atoms with Gasteiger partial charge in [-0.05, 0) is 24.6 Å². The van der Waals surface area contributed by atoms with Crippen molar-refractivity contribution in [3.8, 4) is 0 Å². The van der Waals surface area contributed by atoms with Crippen molar-refractivity contribution in [1.29, 1.82) is 0 Å². The first-order valence-electron chi connectivity index (χ1n) is 5.80. The zero-order valence-corrected chi connectivity index (χ0v) is 10.1. The molecule has 4 nitrogen and oxygen atoms in total. The van der Waals surface area contributed by atoms with Gasteiger partial charge in [0.05, 0.1) is 11.4 Å². The fourth-order valence-corrected chi connectivity index (χ4v) is 1.86. The summed E-state index contributed by atoms with van der Waals surface area (Å²) in [5.74, 6) is 0. The smallest absolute Gasteiger partial charge is 0.0597 e. The largest absolute Gasteiger partial charge is 0.397 e. The topological polar surface area (TPSA) is 47.1 Å². The molecule has 0 amide bonds. The molecule has 90 valence electrons. The molecule has 0 spiro atoms. The molecule has 0 fully saturated rings. The fourth-order valence-electron chi connectivity index (χ4n) is 1.86. The Morgan fingerprint density at radius 3 is 2.82 bits per heavy atom. The number of aromatic nitrogens is 2. The quantitative estimate of drug-likeness (QED) is 0.799. The highest BCUT2D eigenvalue weighted by molar-refractivity contribution is 5.66. The summed E-state index contributed by atoms with van der Waals surface area (Å²) in [6.07, 6.45) is 4.84. The summed E-state index contributed by atoms with van der Waals surface area (Å²) in [7, 11) is 2.06. The molecular formula is C13H18N4. The van der Waals surface area contributed by atoms with Crippen molar-refractivity contribution >= 4 is 11.4 Å². The van der Waals surface area contributed by atoms with Crippen LogP contribution >= 0.6 is 0 Å². The molecule has 1 aromatic heterocycles. The number of aryl methyl sites for hydroxylation is 1. The number of para-hydroxylation sites is 2. The van der Waals surface area contributed by atoms with Crippen LogP contribution in [0.2, 0.25) is 0 Å². The predicted molar refractivity (Wildman–Crippen MR) is 71.0 cm³/mol. The van der Waals surface area contributed by atoms with E-state index in [4.69, 9.17) is 5.73 Å². The predicted octanol–water partition coefficient (Wildman–Crippen LogP) is 1.99. The molecule has 2 N–H and O–H groups in total. The molecule has 4 heteroatoms. The number of nitrogens with zero attached hydrogens (tertiary/aromatic N) is 3. The number of nitrogen functional groups attached to an aromatic ring is 1. The Bertz CT molecular complexity index is 450. The van der Waals surface area contributed by atoms with E-state index in [9.17, 15) is 0 Å². The lowest BCUT2D eigenvalue weighted by molar-refractivity contribution is 0.578. The number of anilines is 2. The maximum Gasteiger partial charge on any atom is 0.0597 e. The van der Waals surface area contributed by atoms with Crippen molar-refractivity contribution in [2.45, 2.75) is 13.0 Å². The molecule has 0 aliphatic rings. The Kier molecular flexibility index (Phi) is 3.65. The molecule has 0 radical (unpaired) electrons. The van der Waals surface area contributed by atoms with Crippen LogP contribution < -0.4 is 10.6 Å². The summed E-state index contributed by atoms with van der Waals surface area (Å²) in [5.41, 5.74) is 7.85. The van der Waals surface area contributed by atoms with Gasteiger partial charge >= 0.3 is 0 Å². The van der Waals surface area contributed by atoms with E-state index in [0.717, 1.165) is 30.9 Å². The lowest BCUT2D eigenvalue weighted by Gasteiger charge is -2.20. The standard InChI is InChI=1S/C13H18N4/c1-16(13-7-3-2-6-12(13)14)9-5-11-17-10-4-8-15-17/h2-4,6-8,10H,5,9,11,14H2,1H3. The Morgan fingerprint density at radius 2 is 2.12 bits per heavy atom. The fraction of sp³-hybridized carbons (Fsp3) is 0.308. The summed E-state index contributed by atoms with van der Waals surface area (Å²) in [6.45, 7) is 1.90. The van der Waals surface area contributed by atoms with E-state index in [1.807, 2.05) is 41.2 Å². The zero-order valence-electron chi connectivity index (χ0n) is 10.1. The summed E-state index contributed by atoms with van der Waals surface area (Å²) in [5, 5.41) is 4.18. The van der Waals surface area contributed by atoms with E-state index in [-0.39, 0.29) is 0 Å². The van der Waals surface area contributed by atoms with Gasteiger partial charge in [0.15, 0.2) is 0 Å². The minimum Gasteiger partial charge on any atom is -0.397 e. The Morgan fingerprint density at radius 1 is 1.29 bits per heavy atom. The molecule has 2 aromatic rings. The number of rotatable bonds is 5. The third-order valence-electron chi connectivity index (χ3n) is 2.79. The van der Waals surface area contributed by atoms with Gasteiger partial charge in [0.1, 0.15) is 0 Å². The van der Waals surface area contributed by atoms with Gasteiger partial charge < -0.3 is 10.6 Å². The monoisotopic (exact) mass is 230 g/mol. The zero-order chi connectivity index (χ0) is 12.1. The molecule has 17 heavy (non-hydrogen) atoms. The van der Waals surface area contributed by atoms with Crippen LogP contribution in [0.15, 0.2) is 42.7 Å². The third kappa shape index (κ3) is 3.00. The lowest BCUT2D eigenvalue weighted by atomic mass is 10.2. The van der Waals surface area contributed by atoms with Crippen molar-refractivity contribution in [2.75, 3.05) is 24.2 Å². The Labute approximate surface area is 102 Å². The SMILES string of the molecule is CN(CCCn1cccn1)c1ccccc1N. The number of benzene rings is 1. The van der Waals surface area contributed by atoms with E-state index < -0.39 is 0 Å². The molecular weight excluding hydrogens is 212 g/mol. The average molecular weight is 230 g/mol. The molecule has 0 atom stereocenters. The molecule has 1 heterocycles. The molecule has 0 saturated heterocycles. The first kappa shape index (κ1) is 11.5. The first-order chi connectivity index (χ1) is 8.27. The van der Waals surface area contributed by atoms with Crippen LogP contribution in [0.3, 0.4) is 0 Å². The average Bonchev–Trinajstić information content (AvgIpc) is 2.82. The molecule has 2 rings (SSSR count). The van der Waals surface area contributed by atoms with Crippen molar-refractivity contribution in [3.63, 3.8) is 0 Å². The molecule has 0 unspecified atom stereocenters. The molecule has 0 aliphatic carbocycles. The molecule has 0 aliphatic heterocycles. The van der Waals surface area contributed by atoms with Crippen molar-refractivity contribution in [2.24, 2.45) is 0 Å². The highest BCUT2D eigenvalue weighted by Gasteiger charge is 2.03. The van der Waals surface area contributed by atoms with Gasteiger partial charge in [-0.1, -0.05) is 12.1 Å². The van der Waals surface area contributed by atoms with E-state index in [0.29, 0.717) is 0 Å². The van der Waals surface area contributed by atoms with E-state index in [1.54, 1.807) is 6.20 Å². The van der Waals surface area contributed by atoms with Gasteiger partial charge in [0, 0.05) is 32.5 Å². The highest BCUT2D eigenvalue weighted by Crippen LogP contribution is 2.20. The Balaban J connectivity index is 1.85. The molecule has 1 aromatic carbocycles. The molecule has 0 saturated carbocycles. The van der Waals surface area contributed by atoms with Crippen LogP contribution in [-0.2, 0) is 6.54 Å². The second kappa shape index (κ2) is 5.39. The summed E-state index contributed by atoms with van der Waals surface area (Å²) in [4.78, 5) is 2.18. The minimum atomic E-state index is 0.828. The van der Waals surface area contributed by atoms with E-state index in [1.165, 1.54) is 0 Å². The summed E-state index contributed by atoms with van der Waals surface area (Å²) >= 11 is 0. The number of hydrogen-bond donors (Lipinski definition) is 1. The normalized spacial score (nSPS) is 10.4. The number of hydrogen-bond acceptors (Lipinski definition) is 3. The Hall–Kier alpha value is -1.97. The van der Waals surface area contributed by atoms with Gasteiger partial charge in [0.2, 0.25) is 0 Å². The van der Waals surface area contributed by atoms with Crippen LogP contribution in [0.5, 0.6) is 0 Å². The van der Waals surface area contributed by atoms with Crippen molar-refractivity contribution in [3.05, 3.63) is 42.7 Å². The first-order valence-corrected chi connectivity index (χ1v) is 5.80. The van der Waals surface area contributed by atoms with Gasteiger partial charge in [0.25, 0.3) is 0 Å². The van der Waals surface area contributed by atoms with Crippen LogP contribution in [0.1, 0.15) is 6.42 Å². The van der Waals surface area contributed by atoms with Gasteiger partial charge in [-0.25, -0.2) is 0 Å². The number of nitrogens with two attached hydrogens (primary N) is 1. The van der Waals surface area contributed by atoms with Crippen molar-refractivity contribution < 1.29 is 0 Å². The summed E-state index contributed by atoms with van der Waals surface area (Å²) in [6, 6.07) is 9.88. The van der Waals surface area contributed by atoms with E-state index in [2.05, 4.69) is 17.0 Å². The minimum absolute atomic E-state index is 0.828. The lowest BCUT2D eigenvalue weighted by Crippen LogP contribution is -2.21. The van der Waals surface area contributed by atoms with E-state index >= 15 is 0 Å². The maximum absolute atomic E-state index is 5.93. The van der Waals surface area contributed by atoms with Crippen molar-refractivity contribution in [1.82, 2.24) is 9.78 Å². The van der Waals surface area contributed by atoms with Crippen LogP contribution in [0, 0.1) is 0 Å².